The van der Waals surface area contributed by atoms with E-state index in [1.54, 1.807) is 0 Å². The minimum absolute atomic E-state index is 0.220. The van der Waals surface area contributed by atoms with Gasteiger partial charge in [0, 0.05) is 17.8 Å². The molecule has 1 aromatic heterocycles. The van der Waals surface area contributed by atoms with Crippen molar-refractivity contribution in [1.82, 2.24) is 4.98 Å². The minimum Gasteiger partial charge on any atom is -0.459 e. The molecule has 0 aliphatic heterocycles. The van der Waals surface area contributed by atoms with Gasteiger partial charge in [0.15, 0.2) is 0 Å². The number of anilines is 1. The summed E-state index contributed by atoms with van der Waals surface area (Å²) >= 11 is 0. The number of aromatic nitrogens is 1. The third-order valence-electron chi connectivity index (χ3n) is 2.90. The molecule has 1 heterocycles. The van der Waals surface area contributed by atoms with E-state index in [1.807, 2.05) is 49.4 Å². The first-order valence-electron chi connectivity index (χ1n) is 6.56. The number of nitrogen functional groups attached to an aromatic ring is 1. The Morgan fingerprint density at radius 3 is 2.80 bits per heavy atom. The second-order valence-electron chi connectivity index (χ2n) is 4.68. The van der Waals surface area contributed by atoms with Crippen LogP contribution in [0.15, 0.2) is 42.5 Å². The van der Waals surface area contributed by atoms with Crippen molar-refractivity contribution in [2.75, 3.05) is 5.73 Å². The third-order valence-corrected chi connectivity index (χ3v) is 2.90. The van der Waals surface area contributed by atoms with Crippen LogP contribution in [0.2, 0.25) is 0 Å². The smallest absolute Gasteiger partial charge is 0.306 e. The van der Waals surface area contributed by atoms with E-state index in [0.717, 1.165) is 17.0 Å². The van der Waals surface area contributed by atoms with Gasteiger partial charge in [-0.25, -0.2) is 0 Å². The summed E-state index contributed by atoms with van der Waals surface area (Å²) in [6.07, 6.45) is 0.973. The maximum absolute atomic E-state index is 11.7. The van der Waals surface area contributed by atoms with E-state index in [4.69, 9.17) is 10.5 Å². The Labute approximate surface area is 118 Å². The molecule has 2 rings (SSSR count). The van der Waals surface area contributed by atoms with Gasteiger partial charge in [-0.05, 0) is 43.2 Å². The molecule has 0 spiro atoms. The highest BCUT2D eigenvalue weighted by molar-refractivity contribution is 5.69. The fourth-order valence-electron chi connectivity index (χ4n) is 1.90. The van der Waals surface area contributed by atoms with Gasteiger partial charge >= 0.3 is 5.97 Å². The van der Waals surface area contributed by atoms with Crippen molar-refractivity contribution < 1.29 is 9.53 Å². The number of carbonyl (C=O) groups excluding carboxylic acids is 1. The Balaban J connectivity index is 1.78. The van der Waals surface area contributed by atoms with Crippen LogP contribution in [0.5, 0.6) is 0 Å². The Morgan fingerprint density at radius 2 is 2.05 bits per heavy atom. The quantitative estimate of drug-likeness (QED) is 0.670. The molecule has 20 heavy (non-hydrogen) atoms. The highest BCUT2D eigenvalue weighted by atomic mass is 16.5. The SMILES string of the molecule is Cc1cccc(COC(=O)CCc2cccc(N)c2)n1. The summed E-state index contributed by atoms with van der Waals surface area (Å²) in [6, 6.07) is 13.2. The lowest BCUT2D eigenvalue weighted by molar-refractivity contribution is -0.145. The number of ether oxygens (including phenoxy) is 1. The first-order chi connectivity index (χ1) is 9.63. The summed E-state index contributed by atoms with van der Waals surface area (Å²) in [5.74, 6) is -0.226. The lowest BCUT2D eigenvalue weighted by atomic mass is 10.1. The summed E-state index contributed by atoms with van der Waals surface area (Å²) in [5, 5.41) is 0. The van der Waals surface area contributed by atoms with Crippen LogP contribution in [-0.2, 0) is 22.6 Å². The zero-order chi connectivity index (χ0) is 14.4. The lowest BCUT2D eigenvalue weighted by Crippen LogP contribution is -2.07. The van der Waals surface area contributed by atoms with Crippen LogP contribution in [-0.4, -0.2) is 11.0 Å². The van der Waals surface area contributed by atoms with Gasteiger partial charge in [-0.3, -0.25) is 9.78 Å². The van der Waals surface area contributed by atoms with Crippen molar-refractivity contribution in [3.63, 3.8) is 0 Å². The number of esters is 1. The Hall–Kier alpha value is -2.36. The topological polar surface area (TPSA) is 65.2 Å². The predicted octanol–water partition coefficient (Wildman–Crippen LogP) is 2.65. The van der Waals surface area contributed by atoms with Crippen LogP contribution in [0.1, 0.15) is 23.4 Å². The normalized spacial score (nSPS) is 10.2. The summed E-state index contributed by atoms with van der Waals surface area (Å²) in [7, 11) is 0. The number of hydrogen-bond acceptors (Lipinski definition) is 4. The first kappa shape index (κ1) is 14.1. The molecule has 0 fully saturated rings. The van der Waals surface area contributed by atoms with E-state index in [-0.39, 0.29) is 12.6 Å². The zero-order valence-electron chi connectivity index (χ0n) is 11.5. The minimum atomic E-state index is -0.226. The highest BCUT2D eigenvalue weighted by Crippen LogP contribution is 2.09. The van der Waals surface area contributed by atoms with Gasteiger partial charge in [0.2, 0.25) is 0 Å². The second kappa shape index (κ2) is 6.70. The monoisotopic (exact) mass is 270 g/mol. The number of aryl methyl sites for hydroxylation is 2. The fraction of sp³-hybridized carbons (Fsp3) is 0.250. The van der Waals surface area contributed by atoms with Gasteiger partial charge in [-0.2, -0.15) is 0 Å². The molecule has 4 heteroatoms. The lowest BCUT2D eigenvalue weighted by Gasteiger charge is -2.05. The molecule has 0 aliphatic rings. The molecule has 104 valence electrons. The molecule has 0 aliphatic carbocycles. The van der Waals surface area contributed by atoms with Crippen LogP contribution in [0.3, 0.4) is 0 Å². The van der Waals surface area contributed by atoms with E-state index in [0.29, 0.717) is 18.5 Å². The van der Waals surface area contributed by atoms with Crippen LogP contribution >= 0.6 is 0 Å². The molecule has 0 amide bonds. The van der Waals surface area contributed by atoms with Crippen LogP contribution in [0.25, 0.3) is 0 Å². The van der Waals surface area contributed by atoms with Gasteiger partial charge in [0.25, 0.3) is 0 Å². The van der Waals surface area contributed by atoms with E-state index < -0.39 is 0 Å². The predicted molar refractivity (Wildman–Crippen MR) is 77.9 cm³/mol. The van der Waals surface area contributed by atoms with Gasteiger partial charge in [-0.15, -0.1) is 0 Å². The standard InChI is InChI=1S/C16H18N2O2/c1-12-4-2-7-15(18-12)11-20-16(19)9-8-13-5-3-6-14(17)10-13/h2-7,10H,8-9,11,17H2,1H3. The number of nitrogens with two attached hydrogens (primary N) is 1. The maximum atomic E-state index is 11.7. The number of rotatable bonds is 5. The number of benzene rings is 1. The van der Waals surface area contributed by atoms with E-state index >= 15 is 0 Å². The number of pyridine rings is 1. The molecule has 2 aromatic rings. The van der Waals surface area contributed by atoms with E-state index in [1.165, 1.54) is 0 Å². The summed E-state index contributed by atoms with van der Waals surface area (Å²) in [5.41, 5.74) is 9.12. The number of carbonyl (C=O) groups is 1. The fourth-order valence-corrected chi connectivity index (χ4v) is 1.90. The number of nitrogens with zero attached hydrogens (tertiary/aromatic N) is 1. The Kier molecular flexibility index (Phi) is 4.71. The molecule has 0 saturated heterocycles. The average molecular weight is 270 g/mol. The summed E-state index contributed by atoms with van der Waals surface area (Å²) < 4.78 is 5.20. The summed E-state index contributed by atoms with van der Waals surface area (Å²) in [6.45, 7) is 2.13. The van der Waals surface area contributed by atoms with E-state index in [9.17, 15) is 4.79 Å². The van der Waals surface area contributed by atoms with Gasteiger partial charge in [-0.1, -0.05) is 18.2 Å². The van der Waals surface area contributed by atoms with Crippen molar-refractivity contribution >= 4 is 11.7 Å². The van der Waals surface area contributed by atoms with Crippen molar-refractivity contribution in [2.24, 2.45) is 0 Å². The third kappa shape index (κ3) is 4.39. The molecule has 0 unspecified atom stereocenters. The van der Waals surface area contributed by atoms with Crippen LogP contribution in [0.4, 0.5) is 5.69 Å². The van der Waals surface area contributed by atoms with Gasteiger partial charge in [0.1, 0.15) is 6.61 Å². The van der Waals surface area contributed by atoms with Crippen LogP contribution < -0.4 is 5.73 Å². The molecule has 0 saturated carbocycles. The molecule has 4 nitrogen and oxygen atoms in total. The maximum Gasteiger partial charge on any atom is 0.306 e. The van der Waals surface area contributed by atoms with Crippen molar-refractivity contribution in [3.05, 3.63) is 59.4 Å². The molecule has 1 aromatic carbocycles. The Bertz CT molecular complexity index is 545. The molecule has 0 radical (unpaired) electrons. The first-order valence-corrected chi connectivity index (χ1v) is 6.56. The Morgan fingerprint density at radius 1 is 1.25 bits per heavy atom. The molecule has 0 bridgehead atoms. The van der Waals surface area contributed by atoms with Crippen molar-refractivity contribution in [1.29, 1.82) is 0 Å². The second-order valence-corrected chi connectivity index (χ2v) is 4.68. The van der Waals surface area contributed by atoms with Crippen LogP contribution in [0, 0.1) is 6.92 Å². The largest absolute Gasteiger partial charge is 0.459 e. The van der Waals surface area contributed by atoms with Crippen molar-refractivity contribution in [2.45, 2.75) is 26.4 Å². The van der Waals surface area contributed by atoms with Gasteiger partial charge in [0.05, 0.1) is 5.69 Å². The average Bonchev–Trinajstić information content (AvgIpc) is 2.43. The van der Waals surface area contributed by atoms with E-state index in [2.05, 4.69) is 4.98 Å². The van der Waals surface area contributed by atoms with Gasteiger partial charge < -0.3 is 10.5 Å². The molecule has 0 atom stereocenters. The highest BCUT2D eigenvalue weighted by Gasteiger charge is 2.05. The molecule has 2 N–H and O–H groups in total. The zero-order valence-corrected chi connectivity index (χ0v) is 11.5. The number of hydrogen-bond donors (Lipinski definition) is 1. The molecular formula is C16H18N2O2. The molecular weight excluding hydrogens is 252 g/mol. The summed E-state index contributed by atoms with van der Waals surface area (Å²) in [4.78, 5) is 16.0. The van der Waals surface area contributed by atoms with Crippen molar-refractivity contribution in [3.8, 4) is 0 Å².